The minimum Gasteiger partial charge on any atom is -0.652 e. The number of hydrogen-bond acceptors (Lipinski definition) is 5. The summed E-state index contributed by atoms with van der Waals surface area (Å²) in [5, 5.41) is 16.7. The van der Waals surface area contributed by atoms with Crippen LogP contribution in [0.4, 0.5) is 13.6 Å². The summed E-state index contributed by atoms with van der Waals surface area (Å²) in [6.07, 6.45) is -0.0756. The summed E-state index contributed by atoms with van der Waals surface area (Å²) >= 11 is 0. The standard InChI is InChI=1S/C6H5F2NO.CH2O3.2Cs/c7-4-10-6-1-5(8)2-9-3-6;2-1(3)4;;/h1-3H,4H2;(H2,2,3,4);;/q;;2*+1/p-2. The fraction of sp³-hybridized carbons (Fsp3) is 0.143. The number of carboxylic acid groups (broad SMARTS) is 2. The minimum atomic E-state index is -2.33. The molecular formula is C7H5Cs2F2NO4. The molecule has 1 rings (SSSR count). The van der Waals surface area contributed by atoms with Crippen molar-refractivity contribution in [3.8, 4) is 5.75 Å². The zero-order valence-electron chi connectivity index (χ0n) is 8.78. The molecule has 0 atom stereocenters. The van der Waals surface area contributed by atoms with E-state index in [-0.39, 0.29) is 144 Å². The van der Waals surface area contributed by atoms with Crippen molar-refractivity contribution >= 4 is 6.16 Å². The van der Waals surface area contributed by atoms with E-state index in [2.05, 4.69) is 9.72 Å². The van der Waals surface area contributed by atoms with Crippen molar-refractivity contribution < 1.29 is 166 Å². The Hall–Kier alpha value is 2.18. The van der Waals surface area contributed by atoms with E-state index in [0.29, 0.717) is 0 Å². The zero-order valence-corrected chi connectivity index (χ0v) is 21.3. The molecule has 0 saturated carbocycles. The van der Waals surface area contributed by atoms with Gasteiger partial charge in [0, 0.05) is 6.07 Å². The number of pyridine rings is 1. The number of aromatic nitrogens is 1. The van der Waals surface area contributed by atoms with Crippen LogP contribution in [0.25, 0.3) is 0 Å². The van der Waals surface area contributed by atoms with E-state index in [0.717, 1.165) is 12.3 Å². The van der Waals surface area contributed by atoms with Crippen LogP contribution in [0.2, 0.25) is 0 Å². The molecule has 0 aromatic carbocycles. The molecule has 0 aliphatic heterocycles. The van der Waals surface area contributed by atoms with Crippen LogP contribution in [0.15, 0.2) is 18.5 Å². The van der Waals surface area contributed by atoms with Gasteiger partial charge in [0.25, 0.3) is 0 Å². The second-order valence-electron chi connectivity index (χ2n) is 1.84. The molecule has 0 fully saturated rings. The number of nitrogens with zero attached hydrogens (tertiary/aromatic N) is 1. The third kappa shape index (κ3) is 16.2. The third-order valence-electron chi connectivity index (χ3n) is 0.901. The van der Waals surface area contributed by atoms with Gasteiger partial charge in [-0.2, -0.15) is 0 Å². The van der Waals surface area contributed by atoms with E-state index in [9.17, 15) is 8.78 Å². The van der Waals surface area contributed by atoms with Crippen molar-refractivity contribution in [2.75, 3.05) is 6.86 Å². The van der Waals surface area contributed by atoms with Crippen LogP contribution in [0.5, 0.6) is 5.75 Å². The van der Waals surface area contributed by atoms with Gasteiger partial charge in [-0.3, -0.25) is 4.98 Å². The number of halogens is 2. The summed E-state index contributed by atoms with van der Waals surface area (Å²) in [5.74, 6) is -0.437. The van der Waals surface area contributed by atoms with Crippen LogP contribution in [0.1, 0.15) is 0 Å². The molecular weight excluding hydrogens is 466 g/mol. The molecule has 78 valence electrons. The van der Waals surface area contributed by atoms with Crippen LogP contribution in [-0.2, 0) is 0 Å². The smallest absolute Gasteiger partial charge is 0.652 e. The largest absolute Gasteiger partial charge is 1.00 e. The molecule has 1 heterocycles. The van der Waals surface area contributed by atoms with E-state index in [1.54, 1.807) is 0 Å². The predicted octanol–water partition coefficient (Wildman–Crippen LogP) is -6.91. The Bertz CT molecular complexity index is 299. The monoisotopic (exact) mass is 471 g/mol. The molecule has 0 aliphatic carbocycles. The van der Waals surface area contributed by atoms with E-state index in [1.165, 1.54) is 6.20 Å². The van der Waals surface area contributed by atoms with Gasteiger partial charge in [-0.15, -0.1) is 0 Å². The maximum atomic E-state index is 12.2. The quantitative estimate of drug-likeness (QED) is 0.429. The molecule has 0 radical (unpaired) electrons. The van der Waals surface area contributed by atoms with Gasteiger partial charge in [0.15, 0.2) is 0 Å². The average molecular weight is 471 g/mol. The van der Waals surface area contributed by atoms with Gasteiger partial charge in [0.05, 0.1) is 12.4 Å². The minimum absolute atomic E-state index is 0. The molecule has 0 saturated heterocycles. The predicted molar refractivity (Wildman–Crippen MR) is 36.2 cm³/mol. The number of ether oxygens (including phenoxy) is 1. The van der Waals surface area contributed by atoms with Gasteiger partial charge in [-0.05, 0) is 6.16 Å². The zero-order chi connectivity index (χ0) is 11.0. The number of carbonyl (C=O) groups is 1. The Morgan fingerprint density at radius 1 is 1.38 bits per heavy atom. The average Bonchev–Trinajstić information content (AvgIpc) is 2.03. The first-order valence-corrected chi connectivity index (χ1v) is 3.23. The van der Waals surface area contributed by atoms with Gasteiger partial charge in [-0.1, -0.05) is 0 Å². The Balaban J connectivity index is -0.000000249. The van der Waals surface area contributed by atoms with Crippen molar-refractivity contribution in [2.24, 2.45) is 0 Å². The molecule has 0 amide bonds. The maximum Gasteiger partial charge on any atom is 1.00 e. The van der Waals surface area contributed by atoms with E-state index in [4.69, 9.17) is 15.0 Å². The fourth-order valence-electron chi connectivity index (χ4n) is 0.534. The topological polar surface area (TPSA) is 85.3 Å². The van der Waals surface area contributed by atoms with Gasteiger partial charge >= 0.3 is 138 Å². The summed E-state index contributed by atoms with van der Waals surface area (Å²) in [6.45, 7) is -0.967. The van der Waals surface area contributed by atoms with Crippen molar-refractivity contribution in [3.05, 3.63) is 24.3 Å². The molecule has 1 aromatic rings. The summed E-state index contributed by atoms with van der Waals surface area (Å²) in [4.78, 5) is 11.8. The molecule has 9 heteroatoms. The summed E-state index contributed by atoms with van der Waals surface area (Å²) in [7, 11) is 0. The third-order valence-corrected chi connectivity index (χ3v) is 0.901. The molecule has 5 nitrogen and oxygen atoms in total. The van der Waals surface area contributed by atoms with Gasteiger partial charge in [-0.25, -0.2) is 8.78 Å². The van der Waals surface area contributed by atoms with Crippen molar-refractivity contribution in [3.63, 3.8) is 0 Å². The second-order valence-corrected chi connectivity index (χ2v) is 1.84. The van der Waals surface area contributed by atoms with Gasteiger partial charge < -0.3 is 19.7 Å². The summed E-state index contributed by atoms with van der Waals surface area (Å²) in [5.41, 5.74) is 0. The fourth-order valence-corrected chi connectivity index (χ4v) is 0.534. The van der Waals surface area contributed by atoms with E-state index >= 15 is 0 Å². The number of rotatable bonds is 2. The first-order valence-electron chi connectivity index (χ1n) is 3.23. The number of alkyl halides is 1. The Labute approximate surface area is 208 Å². The normalized spacial score (nSPS) is 7.38. The number of hydrogen-bond donors (Lipinski definition) is 0. The van der Waals surface area contributed by atoms with Crippen molar-refractivity contribution in [1.82, 2.24) is 4.98 Å². The Kier molecular flexibility index (Phi) is 22.2. The molecule has 0 unspecified atom stereocenters. The Morgan fingerprint density at radius 2 is 1.88 bits per heavy atom. The van der Waals surface area contributed by atoms with Crippen molar-refractivity contribution in [2.45, 2.75) is 0 Å². The van der Waals surface area contributed by atoms with Gasteiger partial charge in [0.1, 0.15) is 11.6 Å². The first-order chi connectivity index (χ1) is 6.56. The van der Waals surface area contributed by atoms with Crippen LogP contribution in [0.3, 0.4) is 0 Å². The SMILES string of the molecule is FCOc1cncc(F)c1.O=C([O-])[O-].[Cs+].[Cs+]. The molecule has 1 aromatic heterocycles. The molecule has 16 heavy (non-hydrogen) atoms. The van der Waals surface area contributed by atoms with Crippen molar-refractivity contribution in [1.29, 1.82) is 0 Å². The Morgan fingerprint density at radius 3 is 2.25 bits per heavy atom. The van der Waals surface area contributed by atoms with E-state index < -0.39 is 18.8 Å². The number of carbonyl (C=O) groups excluding carboxylic acids is 1. The van der Waals surface area contributed by atoms with Crippen LogP contribution in [-0.4, -0.2) is 18.0 Å². The second kappa shape index (κ2) is 15.2. The van der Waals surface area contributed by atoms with Crippen LogP contribution in [0, 0.1) is 5.82 Å². The van der Waals surface area contributed by atoms with Crippen LogP contribution >= 0.6 is 0 Å². The van der Waals surface area contributed by atoms with Crippen LogP contribution < -0.4 is 153 Å². The maximum absolute atomic E-state index is 12.2. The summed E-state index contributed by atoms with van der Waals surface area (Å²) < 4.78 is 28.0. The summed E-state index contributed by atoms with van der Waals surface area (Å²) in [6, 6.07) is 1.06. The molecule has 0 spiro atoms. The van der Waals surface area contributed by atoms with E-state index in [1.807, 2.05) is 0 Å². The van der Waals surface area contributed by atoms with Gasteiger partial charge in [0.2, 0.25) is 6.86 Å². The first kappa shape index (κ1) is 23.3. The molecule has 0 aliphatic rings. The molecule has 0 bridgehead atoms. The molecule has 0 N–H and O–H groups in total.